The van der Waals surface area contributed by atoms with Gasteiger partial charge in [-0.2, -0.15) is 5.10 Å². The number of aromatic nitrogens is 2. The van der Waals surface area contributed by atoms with E-state index in [4.69, 9.17) is 0 Å². The lowest BCUT2D eigenvalue weighted by Gasteiger charge is -2.10. The van der Waals surface area contributed by atoms with Gasteiger partial charge in [0.15, 0.2) is 0 Å². The van der Waals surface area contributed by atoms with Gasteiger partial charge in [0.1, 0.15) is 0 Å². The number of nitrogens with one attached hydrogen (secondary N) is 1. The largest absolute Gasteiger partial charge is 0.276 e. The Kier molecular flexibility index (Phi) is 4.09. The molecule has 1 aromatic heterocycles. The van der Waals surface area contributed by atoms with Gasteiger partial charge in [0.2, 0.25) is 0 Å². The number of hydrogen-bond donors (Lipinski definition) is 1. The molecule has 0 atom stereocenters. The van der Waals surface area contributed by atoms with E-state index in [1.807, 2.05) is 19.1 Å². The normalized spacial score (nSPS) is 11.9. The van der Waals surface area contributed by atoms with Crippen LogP contribution in [0.3, 0.4) is 0 Å². The van der Waals surface area contributed by atoms with Gasteiger partial charge >= 0.3 is 0 Å². The quantitative estimate of drug-likeness (QED) is 0.944. The third kappa shape index (κ3) is 3.10. The molecule has 0 aliphatic heterocycles. The van der Waals surface area contributed by atoms with Crippen molar-refractivity contribution in [1.82, 2.24) is 9.78 Å². The van der Waals surface area contributed by atoms with Crippen LogP contribution in [0.2, 0.25) is 0 Å². The van der Waals surface area contributed by atoms with E-state index in [2.05, 4.69) is 23.7 Å². The highest BCUT2D eigenvalue weighted by atomic mass is 32.2. The van der Waals surface area contributed by atoms with Crippen molar-refractivity contribution in [1.29, 1.82) is 0 Å². The molecule has 0 aliphatic carbocycles. The molecule has 5 nitrogen and oxygen atoms in total. The zero-order valence-corrected chi connectivity index (χ0v) is 13.8. The first kappa shape index (κ1) is 15.6. The molecule has 2 aromatic rings. The van der Waals surface area contributed by atoms with Gasteiger partial charge < -0.3 is 0 Å². The summed E-state index contributed by atoms with van der Waals surface area (Å²) in [5.74, 6) is 0.373. The van der Waals surface area contributed by atoms with Crippen LogP contribution in [0.5, 0.6) is 0 Å². The maximum atomic E-state index is 12.4. The van der Waals surface area contributed by atoms with Gasteiger partial charge in [-0.1, -0.05) is 26.0 Å². The van der Waals surface area contributed by atoms with Gasteiger partial charge in [0.05, 0.1) is 22.0 Å². The minimum absolute atomic E-state index is 0.259. The summed E-state index contributed by atoms with van der Waals surface area (Å²) in [7, 11) is -1.80. The fourth-order valence-corrected chi connectivity index (χ4v) is 3.32. The highest BCUT2D eigenvalue weighted by Crippen LogP contribution is 2.23. The predicted octanol–water partition coefficient (Wildman–Crippen LogP) is 2.96. The zero-order chi connectivity index (χ0) is 15.8. The first-order chi connectivity index (χ1) is 9.72. The van der Waals surface area contributed by atoms with Crippen molar-refractivity contribution in [3.8, 4) is 0 Å². The first-order valence-corrected chi connectivity index (χ1v) is 8.33. The van der Waals surface area contributed by atoms with E-state index < -0.39 is 10.0 Å². The van der Waals surface area contributed by atoms with Crippen molar-refractivity contribution >= 4 is 15.7 Å². The van der Waals surface area contributed by atoms with E-state index in [-0.39, 0.29) is 4.90 Å². The van der Waals surface area contributed by atoms with Crippen LogP contribution in [0.1, 0.15) is 36.7 Å². The minimum Gasteiger partial charge on any atom is -0.276 e. The number of sulfonamides is 1. The molecule has 1 N–H and O–H groups in total. The Bertz CT molecular complexity index is 744. The van der Waals surface area contributed by atoms with E-state index >= 15 is 0 Å². The van der Waals surface area contributed by atoms with Crippen molar-refractivity contribution < 1.29 is 8.42 Å². The second kappa shape index (κ2) is 5.52. The smallest absolute Gasteiger partial charge is 0.262 e. The summed E-state index contributed by atoms with van der Waals surface area (Å²) in [6, 6.07) is 6.97. The summed E-state index contributed by atoms with van der Waals surface area (Å²) < 4.78 is 29.2. The molecule has 0 bridgehead atoms. The SMILES string of the molecule is Cc1nn(C)c(C)c1NS(=O)(=O)c1ccc(C(C)C)cc1. The molecule has 0 unspecified atom stereocenters. The highest BCUT2D eigenvalue weighted by molar-refractivity contribution is 7.92. The minimum atomic E-state index is -3.59. The molecule has 0 fully saturated rings. The lowest BCUT2D eigenvalue weighted by Crippen LogP contribution is -2.14. The number of anilines is 1. The summed E-state index contributed by atoms with van der Waals surface area (Å²) in [6.45, 7) is 7.76. The molecule has 21 heavy (non-hydrogen) atoms. The molecular weight excluding hydrogens is 286 g/mol. The lowest BCUT2D eigenvalue weighted by molar-refractivity contribution is 0.601. The predicted molar refractivity (Wildman–Crippen MR) is 84.0 cm³/mol. The molecule has 0 radical (unpaired) electrons. The van der Waals surface area contributed by atoms with Gasteiger partial charge in [0.25, 0.3) is 10.0 Å². The number of nitrogens with zero attached hydrogens (tertiary/aromatic N) is 2. The average Bonchev–Trinajstić information content (AvgIpc) is 2.65. The van der Waals surface area contributed by atoms with Gasteiger partial charge in [0, 0.05) is 7.05 Å². The standard InChI is InChI=1S/C15H21N3O2S/c1-10(2)13-6-8-14(9-7-13)21(19,20)17-15-11(3)16-18(5)12(15)4/h6-10,17H,1-5H3. The number of benzene rings is 1. The molecule has 0 amide bonds. The summed E-state index contributed by atoms with van der Waals surface area (Å²) in [6.07, 6.45) is 0. The number of rotatable bonds is 4. The third-order valence-electron chi connectivity index (χ3n) is 3.60. The fourth-order valence-electron chi connectivity index (χ4n) is 2.15. The monoisotopic (exact) mass is 307 g/mol. The topological polar surface area (TPSA) is 64.0 Å². The van der Waals surface area contributed by atoms with Crippen LogP contribution in [-0.2, 0) is 17.1 Å². The average molecular weight is 307 g/mol. The fraction of sp³-hybridized carbons (Fsp3) is 0.400. The number of hydrogen-bond acceptors (Lipinski definition) is 3. The Labute approximate surface area is 126 Å². The van der Waals surface area contributed by atoms with E-state index in [1.54, 1.807) is 30.8 Å². The maximum absolute atomic E-state index is 12.4. The molecule has 1 heterocycles. The van der Waals surface area contributed by atoms with Crippen molar-refractivity contribution in [2.75, 3.05) is 4.72 Å². The van der Waals surface area contributed by atoms with Gasteiger partial charge in [-0.25, -0.2) is 8.42 Å². The van der Waals surface area contributed by atoms with Crippen LogP contribution in [-0.4, -0.2) is 18.2 Å². The Morgan fingerprint density at radius 3 is 2.14 bits per heavy atom. The van der Waals surface area contributed by atoms with E-state index in [0.29, 0.717) is 17.3 Å². The summed E-state index contributed by atoms with van der Waals surface area (Å²) >= 11 is 0. The molecule has 114 valence electrons. The molecule has 1 aromatic carbocycles. The Hall–Kier alpha value is -1.82. The lowest BCUT2D eigenvalue weighted by atomic mass is 10.0. The molecule has 0 saturated carbocycles. The first-order valence-electron chi connectivity index (χ1n) is 6.85. The maximum Gasteiger partial charge on any atom is 0.262 e. The van der Waals surface area contributed by atoms with Crippen LogP contribution in [0, 0.1) is 13.8 Å². The molecule has 6 heteroatoms. The Balaban J connectivity index is 2.34. The van der Waals surface area contributed by atoms with E-state index in [9.17, 15) is 8.42 Å². The third-order valence-corrected chi connectivity index (χ3v) is 4.97. The van der Waals surface area contributed by atoms with E-state index in [1.165, 1.54) is 0 Å². The Morgan fingerprint density at radius 2 is 1.71 bits per heavy atom. The molecule has 0 saturated heterocycles. The summed E-state index contributed by atoms with van der Waals surface area (Å²) in [4.78, 5) is 0.259. The van der Waals surface area contributed by atoms with Crippen LogP contribution < -0.4 is 4.72 Å². The van der Waals surface area contributed by atoms with Crippen molar-refractivity contribution in [2.45, 2.75) is 38.5 Å². The van der Waals surface area contributed by atoms with Gasteiger partial charge in [-0.05, 0) is 37.5 Å². The van der Waals surface area contributed by atoms with Crippen molar-refractivity contribution in [3.05, 3.63) is 41.2 Å². The van der Waals surface area contributed by atoms with Crippen molar-refractivity contribution in [2.24, 2.45) is 7.05 Å². The van der Waals surface area contributed by atoms with Crippen LogP contribution in [0.15, 0.2) is 29.2 Å². The second-order valence-electron chi connectivity index (χ2n) is 5.50. The van der Waals surface area contributed by atoms with Gasteiger partial charge in [-0.3, -0.25) is 9.40 Å². The highest BCUT2D eigenvalue weighted by Gasteiger charge is 2.19. The van der Waals surface area contributed by atoms with Crippen molar-refractivity contribution in [3.63, 3.8) is 0 Å². The Morgan fingerprint density at radius 1 is 1.14 bits per heavy atom. The molecule has 0 aliphatic rings. The van der Waals surface area contributed by atoms with Crippen LogP contribution >= 0.6 is 0 Å². The molecule has 2 rings (SSSR count). The summed E-state index contributed by atoms with van der Waals surface area (Å²) in [5, 5.41) is 4.22. The zero-order valence-electron chi connectivity index (χ0n) is 13.0. The van der Waals surface area contributed by atoms with Crippen LogP contribution in [0.25, 0.3) is 0 Å². The summed E-state index contributed by atoms with van der Waals surface area (Å²) in [5.41, 5.74) is 3.11. The second-order valence-corrected chi connectivity index (χ2v) is 7.18. The van der Waals surface area contributed by atoms with Crippen LogP contribution in [0.4, 0.5) is 5.69 Å². The van der Waals surface area contributed by atoms with Gasteiger partial charge in [-0.15, -0.1) is 0 Å². The molecule has 0 spiro atoms. The number of aryl methyl sites for hydroxylation is 2. The van der Waals surface area contributed by atoms with E-state index in [0.717, 1.165) is 11.3 Å². The molecular formula is C15H21N3O2S.